The van der Waals surface area contributed by atoms with Crippen LogP contribution in [0.15, 0.2) is 24.3 Å². The topological polar surface area (TPSA) is 23.8 Å². The van der Waals surface area contributed by atoms with E-state index in [4.69, 9.17) is 0 Å². The van der Waals surface area contributed by atoms with Crippen molar-refractivity contribution < 1.29 is 8.78 Å². The van der Waals surface area contributed by atoms with Crippen LogP contribution in [0.3, 0.4) is 0 Å². The number of fused-ring (bicyclic) bond motifs is 2. The molecular weight excluding hydrogens is 376 g/mol. The fraction of sp³-hybridized carbons (Fsp3) is 0.593. The predicted octanol–water partition coefficient (Wildman–Crippen LogP) is 8.26. The van der Waals surface area contributed by atoms with E-state index >= 15 is 4.39 Å². The zero-order valence-corrected chi connectivity index (χ0v) is 18.1. The van der Waals surface area contributed by atoms with E-state index in [9.17, 15) is 9.65 Å². The van der Waals surface area contributed by atoms with E-state index in [2.05, 4.69) is 13.0 Å². The van der Waals surface area contributed by atoms with Gasteiger partial charge in [0.15, 0.2) is 5.82 Å². The van der Waals surface area contributed by atoms with Gasteiger partial charge < -0.3 is 0 Å². The standard InChI is InChI=1S/C27H33F2N/c1-2-3-4-5-7-18-10-11-20-15-21(13-12-19(20)14-18)23-16-22-8-6-9-25(28)26(22)27(29)24(23)17-30/h6,8-9,16,18-21H,2-5,7,10-15H2,1H3/t18-,19?,20-,21?/m1/s1. The lowest BCUT2D eigenvalue weighted by Gasteiger charge is -2.42. The lowest BCUT2D eigenvalue weighted by atomic mass is 9.63. The van der Waals surface area contributed by atoms with Crippen molar-refractivity contribution in [2.24, 2.45) is 17.8 Å². The van der Waals surface area contributed by atoms with Crippen LogP contribution in [0.25, 0.3) is 10.8 Å². The molecule has 0 bridgehead atoms. The van der Waals surface area contributed by atoms with E-state index in [-0.39, 0.29) is 16.9 Å². The first kappa shape index (κ1) is 21.3. The first-order valence-electron chi connectivity index (χ1n) is 11.9. The second-order valence-electron chi connectivity index (χ2n) is 9.66. The number of nitrogens with zero attached hydrogens (tertiary/aromatic N) is 1. The molecule has 3 heteroatoms. The molecule has 4 rings (SSSR count). The van der Waals surface area contributed by atoms with Crippen molar-refractivity contribution in [2.45, 2.75) is 83.5 Å². The highest BCUT2D eigenvalue weighted by Crippen LogP contribution is 2.49. The minimum absolute atomic E-state index is 0.0462. The Bertz CT molecular complexity index is 929. The van der Waals surface area contributed by atoms with Gasteiger partial charge in [-0.25, -0.2) is 8.78 Å². The first-order chi connectivity index (χ1) is 14.6. The van der Waals surface area contributed by atoms with Crippen molar-refractivity contribution in [3.63, 3.8) is 0 Å². The van der Waals surface area contributed by atoms with Crippen LogP contribution in [0, 0.1) is 40.7 Å². The summed E-state index contributed by atoms with van der Waals surface area (Å²) in [6.07, 6.45) is 13.9. The summed E-state index contributed by atoms with van der Waals surface area (Å²) in [5.41, 5.74) is 0.855. The average molecular weight is 410 g/mol. The van der Waals surface area contributed by atoms with Crippen LogP contribution in [0.2, 0.25) is 0 Å². The Hall–Kier alpha value is -1.95. The molecule has 0 aromatic heterocycles. The fourth-order valence-electron chi connectivity index (χ4n) is 6.21. The van der Waals surface area contributed by atoms with Gasteiger partial charge in [-0.1, -0.05) is 57.6 Å². The summed E-state index contributed by atoms with van der Waals surface area (Å²) in [5.74, 6) is 1.31. The molecule has 2 fully saturated rings. The molecule has 0 aliphatic heterocycles. The Kier molecular flexibility index (Phi) is 6.71. The number of hydrogen-bond donors (Lipinski definition) is 0. The molecule has 1 nitrogen and oxygen atoms in total. The van der Waals surface area contributed by atoms with E-state index in [1.807, 2.05) is 6.07 Å². The third-order valence-electron chi connectivity index (χ3n) is 7.82. The third kappa shape index (κ3) is 4.25. The Morgan fingerprint density at radius 1 is 1.00 bits per heavy atom. The van der Waals surface area contributed by atoms with Crippen LogP contribution in [-0.4, -0.2) is 0 Å². The smallest absolute Gasteiger partial charge is 0.152 e. The molecule has 2 unspecified atom stereocenters. The molecule has 0 amide bonds. The molecule has 2 saturated carbocycles. The van der Waals surface area contributed by atoms with Crippen LogP contribution < -0.4 is 0 Å². The highest BCUT2D eigenvalue weighted by molar-refractivity contribution is 5.86. The lowest BCUT2D eigenvalue weighted by Crippen LogP contribution is -2.30. The van der Waals surface area contributed by atoms with Crippen molar-refractivity contribution >= 4 is 10.8 Å². The zero-order chi connectivity index (χ0) is 21.1. The SMILES string of the molecule is CCCCCC[C@@H]1CC[C@@H]2CC(c3cc4cccc(F)c4c(F)c3C#N)CCC2C1. The van der Waals surface area contributed by atoms with Crippen molar-refractivity contribution in [3.8, 4) is 6.07 Å². The van der Waals surface area contributed by atoms with Gasteiger partial charge in [0.2, 0.25) is 0 Å². The van der Waals surface area contributed by atoms with Gasteiger partial charge in [0.1, 0.15) is 11.9 Å². The second kappa shape index (κ2) is 9.46. The van der Waals surface area contributed by atoms with Crippen molar-refractivity contribution in [3.05, 3.63) is 47.0 Å². The van der Waals surface area contributed by atoms with E-state index in [1.54, 1.807) is 12.1 Å². The minimum atomic E-state index is -0.680. The molecule has 30 heavy (non-hydrogen) atoms. The van der Waals surface area contributed by atoms with E-state index in [0.717, 1.165) is 30.2 Å². The van der Waals surface area contributed by atoms with Gasteiger partial charge in [-0.2, -0.15) is 5.26 Å². The first-order valence-corrected chi connectivity index (χ1v) is 11.9. The molecule has 2 aromatic rings. The molecule has 2 aromatic carbocycles. The number of rotatable bonds is 6. The molecule has 0 spiro atoms. The predicted molar refractivity (Wildman–Crippen MR) is 118 cm³/mol. The number of unbranched alkanes of at least 4 members (excludes halogenated alkanes) is 3. The molecule has 0 N–H and O–H groups in total. The monoisotopic (exact) mass is 409 g/mol. The molecule has 2 aliphatic rings. The summed E-state index contributed by atoms with van der Waals surface area (Å²) >= 11 is 0. The maximum absolute atomic E-state index is 15.0. The largest absolute Gasteiger partial charge is 0.206 e. The summed E-state index contributed by atoms with van der Waals surface area (Å²) in [4.78, 5) is 0. The van der Waals surface area contributed by atoms with Crippen LogP contribution in [-0.2, 0) is 0 Å². The van der Waals surface area contributed by atoms with Crippen LogP contribution >= 0.6 is 0 Å². The highest BCUT2D eigenvalue weighted by atomic mass is 19.1. The highest BCUT2D eigenvalue weighted by Gasteiger charge is 2.37. The summed E-state index contributed by atoms with van der Waals surface area (Å²) < 4.78 is 29.2. The normalized spacial score (nSPS) is 26.3. The quantitative estimate of drug-likeness (QED) is 0.440. The summed E-state index contributed by atoms with van der Waals surface area (Å²) in [6.45, 7) is 2.26. The van der Waals surface area contributed by atoms with Gasteiger partial charge in [0, 0.05) is 0 Å². The Morgan fingerprint density at radius 2 is 1.80 bits per heavy atom. The van der Waals surface area contributed by atoms with Gasteiger partial charge in [-0.15, -0.1) is 0 Å². The molecule has 0 heterocycles. The average Bonchev–Trinajstić information content (AvgIpc) is 2.76. The lowest BCUT2D eigenvalue weighted by molar-refractivity contribution is 0.113. The molecular formula is C27H33F2N. The van der Waals surface area contributed by atoms with Gasteiger partial charge in [0.25, 0.3) is 0 Å². The molecule has 0 radical (unpaired) electrons. The van der Waals surface area contributed by atoms with Gasteiger partial charge >= 0.3 is 0 Å². The summed E-state index contributed by atoms with van der Waals surface area (Å²) in [5, 5.41) is 10.2. The number of nitriles is 1. The molecule has 4 atom stereocenters. The number of hydrogen-bond acceptors (Lipinski definition) is 1. The Labute approximate surface area is 179 Å². The molecule has 2 aliphatic carbocycles. The third-order valence-corrected chi connectivity index (χ3v) is 7.82. The summed E-state index contributed by atoms with van der Waals surface area (Å²) in [6, 6.07) is 8.56. The number of halogens is 2. The summed E-state index contributed by atoms with van der Waals surface area (Å²) in [7, 11) is 0. The zero-order valence-electron chi connectivity index (χ0n) is 18.1. The minimum Gasteiger partial charge on any atom is -0.206 e. The van der Waals surface area contributed by atoms with Crippen molar-refractivity contribution in [2.75, 3.05) is 0 Å². The van der Waals surface area contributed by atoms with Crippen LogP contribution in [0.1, 0.15) is 94.6 Å². The molecule has 0 saturated heterocycles. The van der Waals surface area contributed by atoms with E-state index < -0.39 is 11.6 Å². The van der Waals surface area contributed by atoms with Gasteiger partial charge in [-0.05, 0) is 78.9 Å². The second-order valence-corrected chi connectivity index (χ2v) is 9.66. The van der Waals surface area contributed by atoms with Crippen LogP contribution in [0.5, 0.6) is 0 Å². The molecule has 160 valence electrons. The van der Waals surface area contributed by atoms with E-state index in [1.165, 1.54) is 63.9 Å². The van der Waals surface area contributed by atoms with E-state index in [0.29, 0.717) is 11.3 Å². The fourth-order valence-corrected chi connectivity index (χ4v) is 6.21. The number of benzene rings is 2. The van der Waals surface area contributed by atoms with Gasteiger partial charge in [-0.3, -0.25) is 0 Å². The van der Waals surface area contributed by atoms with Crippen molar-refractivity contribution in [1.29, 1.82) is 5.26 Å². The maximum Gasteiger partial charge on any atom is 0.152 e. The van der Waals surface area contributed by atoms with Crippen molar-refractivity contribution in [1.82, 2.24) is 0 Å². The van der Waals surface area contributed by atoms with Crippen LogP contribution in [0.4, 0.5) is 8.78 Å². The maximum atomic E-state index is 15.0. The Morgan fingerprint density at radius 3 is 2.60 bits per heavy atom. The Balaban J connectivity index is 1.48. The van der Waals surface area contributed by atoms with Gasteiger partial charge in [0.05, 0.1) is 10.9 Å².